The zero-order valence-electron chi connectivity index (χ0n) is 11.9. The number of carbonyl (C=O) groups is 1. The first-order valence-electron chi connectivity index (χ1n) is 6.80. The van der Waals surface area contributed by atoms with Crippen molar-refractivity contribution in [2.75, 3.05) is 11.9 Å². The smallest absolute Gasteiger partial charge is 0.224 e. The van der Waals surface area contributed by atoms with E-state index in [1.165, 1.54) is 0 Å². The van der Waals surface area contributed by atoms with Crippen molar-refractivity contribution in [3.8, 4) is 0 Å². The summed E-state index contributed by atoms with van der Waals surface area (Å²) >= 11 is 11.8. The van der Waals surface area contributed by atoms with Crippen LogP contribution in [0.5, 0.6) is 0 Å². The van der Waals surface area contributed by atoms with Crippen molar-refractivity contribution in [1.82, 2.24) is 4.98 Å². The summed E-state index contributed by atoms with van der Waals surface area (Å²) < 4.78 is 0. The molecule has 1 heterocycles. The van der Waals surface area contributed by atoms with E-state index in [0.717, 1.165) is 24.8 Å². The molecular formula is C14H21Cl2N3O. The number of pyridine rings is 1. The molecule has 6 heteroatoms. The molecule has 1 aromatic rings. The molecule has 0 aliphatic heterocycles. The van der Waals surface area contributed by atoms with E-state index in [4.69, 9.17) is 28.9 Å². The number of hydrogen-bond acceptors (Lipinski definition) is 3. The van der Waals surface area contributed by atoms with Gasteiger partial charge < -0.3 is 11.1 Å². The zero-order chi connectivity index (χ0) is 15.1. The van der Waals surface area contributed by atoms with Crippen LogP contribution in [-0.4, -0.2) is 17.4 Å². The summed E-state index contributed by atoms with van der Waals surface area (Å²) in [6.45, 7) is 4.60. The van der Waals surface area contributed by atoms with E-state index in [1.54, 1.807) is 6.07 Å². The van der Waals surface area contributed by atoms with Gasteiger partial charge in [0, 0.05) is 6.42 Å². The van der Waals surface area contributed by atoms with Crippen molar-refractivity contribution in [2.24, 2.45) is 11.7 Å². The molecule has 0 fully saturated rings. The Morgan fingerprint density at radius 2 is 2.15 bits per heavy atom. The maximum Gasteiger partial charge on any atom is 0.224 e. The first kappa shape index (κ1) is 17.2. The molecule has 3 N–H and O–H groups in total. The van der Waals surface area contributed by atoms with Gasteiger partial charge in [-0.15, -0.1) is 0 Å². The second-order valence-electron chi connectivity index (χ2n) is 4.87. The Morgan fingerprint density at radius 1 is 1.45 bits per heavy atom. The fraction of sp³-hybridized carbons (Fsp3) is 0.571. The highest BCUT2D eigenvalue weighted by Gasteiger charge is 2.13. The molecule has 0 radical (unpaired) electrons. The number of aromatic nitrogens is 1. The number of nitrogens with two attached hydrogens (primary N) is 1. The maximum atomic E-state index is 12.0. The fourth-order valence-electron chi connectivity index (χ4n) is 2.07. The van der Waals surface area contributed by atoms with Crippen molar-refractivity contribution in [2.45, 2.75) is 39.5 Å². The second kappa shape index (κ2) is 8.45. The van der Waals surface area contributed by atoms with Crippen LogP contribution >= 0.6 is 23.2 Å². The molecule has 1 aromatic heterocycles. The van der Waals surface area contributed by atoms with Crippen molar-refractivity contribution in [1.29, 1.82) is 0 Å². The first-order chi connectivity index (χ1) is 9.47. The monoisotopic (exact) mass is 317 g/mol. The van der Waals surface area contributed by atoms with E-state index < -0.39 is 0 Å². The molecule has 0 saturated carbocycles. The minimum atomic E-state index is -0.0606. The molecule has 4 nitrogen and oxygen atoms in total. The molecule has 0 aromatic carbocycles. The summed E-state index contributed by atoms with van der Waals surface area (Å²) in [5.74, 6) is 0.431. The van der Waals surface area contributed by atoms with Crippen LogP contribution in [0.25, 0.3) is 0 Å². The molecule has 20 heavy (non-hydrogen) atoms. The third-order valence-electron chi connectivity index (χ3n) is 3.34. The number of hydrogen-bond donors (Lipinski definition) is 2. The lowest BCUT2D eigenvalue weighted by Crippen LogP contribution is -2.16. The number of nitrogens with zero attached hydrogens (tertiary/aromatic N) is 1. The third kappa shape index (κ3) is 5.27. The molecule has 0 saturated heterocycles. The van der Waals surface area contributed by atoms with Crippen molar-refractivity contribution >= 4 is 34.8 Å². The Kier molecular flexibility index (Phi) is 7.27. The van der Waals surface area contributed by atoms with Gasteiger partial charge in [0.2, 0.25) is 5.91 Å². The van der Waals surface area contributed by atoms with Crippen LogP contribution in [0, 0.1) is 12.8 Å². The van der Waals surface area contributed by atoms with Crippen LogP contribution in [0.1, 0.15) is 38.2 Å². The molecule has 1 atom stereocenters. The second-order valence-corrected chi connectivity index (χ2v) is 5.61. The quantitative estimate of drug-likeness (QED) is 0.752. The van der Waals surface area contributed by atoms with Gasteiger partial charge in [-0.25, -0.2) is 4.98 Å². The average Bonchev–Trinajstić information content (AvgIpc) is 2.38. The molecule has 0 spiro atoms. The maximum absolute atomic E-state index is 12.0. The summed E-state index contributed by atoms with van der Waals surface area (Å²) in [6, 6.07) is 1.67. The van der Waals surface area contributed by atoms with Crippen molar-refractivity contribution in [3.63, 3.8) is 0 Å². The molecule has 0 aliphatic rings. The lowest BCUT2D eigenvalue weighted by molar-refractivity contribution is -0.116. The van der Waals surface area contributed by atoms with Crippen LogP contribution < -0.4 is 11.1 Å². The number of nitrogens with one attached hydrogen (secondary N) is 1. The highest BCUT2D eigenvalue weighted by Crippen LogP contribution is 2.26. The molecule has 1 amide bonds. The van der Waals surface area contributed by atoms with Gasteiger partial charge in [0.25, 0.3) is 0 Å². The summed E-state index contributed by atoms with van der Waals surface area (Å²) in [4.78, 5) is 15.9. The van der Waals surface area contributed by atoms with E-state index in [9.17, 15) is 4.79 Å². The minimum Gasteiger partial charge on any atom is -0.330 e. The molecule has 1 rings (SSSR count). The lowest BCUT2D eigenvalue weighted by Gasteiger charge is -2.14. The van der Waals surface area contributed by atoms with Gasteiger partial charge >= 0.3 is 0 Å². The minimum absolute atomic E-state index is 0.0606. The first-order valence-corrected chi connectivity index (χ1v) is 7.56. The van der Waals surface area contributed by atoms with E-state index >= 15 is 0 Å². The number of rotatable bonds is 7. The van der Waals surface area contributed by atoms with Gasteiger partial charge in [0.1, 0.15) is 5.15 Å². The molecular weight excluding hydrogens is 297 g/mol. The predicted octanol–water partition coefficient (Wildman–Crippen LogP) is 3.79. The standard InChI is InChI=1S/C14H21Cl2N3O/c1-3-10(6-7-17)4-5-12(20)19-13-9(2)8-11(15)18-14(13)16/h8,10H,3-7,17H2,1-2H3,(H,19,20). The third-order valence-corrected chi connectivity index (χ3v) is 3.80. The molecule has 0 bridgehead atoms. The number of aryl methyl sites for hydroxylation is 1. The Balaban J connectivity index is 2.59. The Labute approximate surface area is 130 Å². The van der Waals surface area contributed by atoms with Crippen LogP contribution in [0.2, 0.25) is 10.3 Å². The lowest BCUT2D eigenvalue weighted by atomic mass is 9.96. The molecule has 112 valence electrons. The van der Waals surface area contributed by atoms with Crippen LogP contribution in [0.4, 0.5) is 5.69 Å². The van der Waals surface area contributed by atoms with Gasteiger partial charge in [-0.1, -0.05) is 36.5 Å². The molecule has 0 aliphatic carbocycles. The zero-order valence-corrected chi connectivity index (χ0v) is 13.4. The van der Waals surface area contributed by atoms with Gasteiger partial charge in [0.05, 0.1) is 5.69 Å². The SMILES string of the molecule is CCC(CCN)CCC(=O)Nc1c(C)cc(Cl)nc1Cl. The number of anilines is 1. The number of carbonyl (C=O) groups excluding carboxylic acids is 1. The van der Waals surface area contributed by atoms with Crippen LogP contribution in [0.3, 0.4) is 0 Å². The Morgan fingerprint density at radius 3 is 2.70 bits per heavy atom. The predicted molar refractivity (Wildman–Crippen MR) is 84.3 cm³/mol. The number of halogens is 2. The van der Waals surface area contributed by atoms with Crippen LogP contribution in [-0.2, 0) is 4.79 Å². The highest BCUT2D eigenvalue weighted by molar-refractivity contribution is 6.34. The van der Waals surface area contributed by atoms with E-state index in [-0.39, 0.29) is 11.1 Å². The van der Waals surface area contributed by atoms with E-state index in [2.05, 4.69) is 17.2 Å². The molecule has 1 unspecified atom stereocenters. The normalized spacial score (nSPS) is 12.2. The highest BCUT2D eigenvalue weighted by atomic mass is 35.5. The summed E-state index contributed by atoms with van der Waals surface area (Å²) in [5.41, 5.74) is 6.89. The van der Waals surface area contributed by atoms with Gasteiger partial charge in [0.15, 0.2) is 5.15 Å². The Bertz CT molecular complexity index is 443. The van der Waals surface area contributed by atoms with E-state index in [0.29, 0.717) is 29.7 Å². The summed E-state index contributed by atoms with van der Waals surface area (Å²) in [7, 11) is 0. The van der Waals surface area contributed by atoms with Crippen molar-refractivity contribution < 1.29 is 4.79 Å². The largest absolute Gasteiger partial charge is 0.330 e. The van der Waals surface area contributed by atoms with Crippen molar-refractivity contribution in [3.05, 3.63) is 21.9 Å². The van der Waals surface area contributed by atoms with E-state index in [1.807, 2.05) is 6.92 Å². The average molecular weight is 318 g/mol. The number of amides is 1. The van der Waals surface area contributed by atoms with Crippen LogP contribution in [0.15, 0.2) is 6.07 Å². The topological polar surface area (TPSA) is 68.0 Å². The summed E-state index contributed by atoms with van der Waals surface area (Å²) in [6.07, 6.45) is 3.27. The van der Waals surface area contributed by atoms with Gasteiger partial charge in [-0.3, -0.25) is 4.79 Å². The fourth-order valence-corrected chi connectivity index (χ4v) is 2.65. The summed E-state index contributed by atoms with van der Waals surface area (Å²) in [5, 5.41) is 3.34. The van der Waals surface area contributed by atoms with Gasteiger partial charge in [-0.05, 0) is 43.9 Å². The van der Waals surface area contributed by atoms with Gasteiger partial charge in [-0.2, -0.15) is 0 Å². The Hall–Kier alpha value is -0.840.